The summed E-state index contributed by atoms with van der Waals surface area (Å²) in [5.41, 5.74) is 4.84. The number of anilines is 1. The summed E-state index contributed by atoms with van der Waals surface area (Å²) in [6.45, 7) is 0.490. The minimum Gasteiger partial charge on any atom is -0.379 e. The first kappa shape index (κ1) is 14.1. The van der Waals surface area contributed by atoms with Crippen LogP contribution in [0.15, 0.2) is 11.0 Å². The van der Waals surface area contributed by atoms with Crippen LogP contribution in [0, 0.1) is 12.3 Å². The van der Waals surface area contributed by atoms with Gasteiger partial charge >= 0.3 is 0 Å². The maximum absolute atomic E-state index is 11.9. The molecule has 0 atom stereocenters. The molecule has 0 spiro atoms. The molecule has 18 heavy (non-hydrogen) atoms. The van der Waals surface area contributed by atoms with Crippen molar-refractivity contribution in [3.8, 4) is 12.3 Å². The molecule has 0 aliphatic carbocycles. The van der Waals surface area contributed by atoms with Gasteiger partial charge in [0.05, 0.1) is 11.2 Å². The Balaban J connectivity index is 2.76. The number of primary amides is 1. The Bertz CT molecular complexity index is 533. The zero-order chi connectivity index (χ0) is 13.5. The molecule has 1 heterocycles. The van der Waals surface area contributed by atoms with Crippen LogP contribution in [0.4, 0.5) is 5.69 Å². The summed E-state index contributed by atoms with van der Waals surface area (Å²) in [5.74, 6) is 1.94. The Morgan fingerprint density at radius 3 is 3.00 bits per heavy atom. The number of hydrogen-bond acceptors (Lipinski definition) is 4. The van der Waals surface area contributed by atoms with Crippen LogP contribution in [0.1, 0.15) is 12.8 Å². The van der Waals surface area contributed by atoms with Gasteiger partial charge in [-0.25, -0.2) is 4.68 Å². The first-order valence-corrected chi connectivity index (χ1v) is 5.65. The molecule has 0 fully saturated rings. The monoisotopic (exact) mass is 268 g/mol. The van der Waals surface area contributed by atoms with Gasteiger partial charge in [0.15, 0.2) is 0 Å². The molecule has 0 aromatic carbocycles. The number of terminal acetylenes is 1. The zero-order valence-corrected chi connectivity index (χ0v) is 10.4. The van der Waals surface area contributed by atoms with E-state index in [-0.39, 0.29) is 35.1 Å². The zero-order valence-electron chi connectivity index (χ0n) is 9.65. The van der Waals surface area contributed by atoms with Gasteiger partial charge in [-0.2, -0.15) is 5.10 Å². The van der Waals surface area contributed by atoms with Crippen LogP contribution in [0.3, 0.4) is 0 Å². The van der Waals surface area contributed by atoms with Crippen molar-refractivity contribution in [2.24, 2.45) is 5.73 Å². The molecule has 0 saturated carbocycles. The first-order chi connectivity index (χ1) is 8.56. The number of rotatable bonds is 6. The summed E-state index contributed by atoms with van der Waals surface area (Å²) >= 11 is 5.86. The second-order valence-corrected chi connectivity index (χ2v) is 3.94. The highest BCUT2D eigenvalue weighted by atomic mass is 35.5. The van der Waals surface area contributed by atoms with E-state index in [2.05, 4.69) is 16.3 Å². The van der Waals surface area contributed by atoms with E-state index in [0.717, 1.165) is 4.68 Å². The molecule has 1 rings (SSSR count). The molecule has 7 heteroatoms. The highest BCUT2D eigenvalue weighted by Crippen LogP contribution is 2.14. The van der Waals surface area contributed by atoms with Gasteiger partial charge in [-0.3, -0.25) is 9.59 Å². The van der Waals surface area contributed by atoms with Crippen LogP contribution >= 0.6 is 11.6 Å². The fourth-order valence-electron chi connectivity index (χ4n) is 1.30. The topological polar surface area (TPSA) is 90.0 Å². The molecule has 0 saturated heterocycles. The lowest BCUT2D eigenvalue weighted by Gasteiger charge is -2.08. The van der Waals surface area contributed by atoms with E-state index < -0.39 is 0 Å². The van der Waals surface area contributed by atoms with Gasteiger partial charge in [0, 0.05) is 13.0 Å². The number of nitrogens with two attached hydrogens (primary N) is 1. The fraction of sp³-hybridized carbons (Fsp3) is 0.364. The van der Waals surface area contributed by atoms with E-state index in [1.165, 1.54) is 6.20 Å². The minimum atomic E-state index is -0.389. The van der Waals surface area contributed by atoms with Crippen molar-refractivity contribution in [1.29, 1.82) is 0 Å². The van der Waals surface area contributed by atoms with Gasteiger partial charge in [0.2, 0.25) is 5.91 Å². The van der Waals surface area contributed by atoms with Crippen molar-refractivity contribution in [1.82, 2.24) is 9.78 Å². The van der Waals surface area contributed by atoms with Crippen molar-refractivity contribution < 1.29 is 4.79 Å². The number of amides is 1. The number of carbonyl (C=O) groups excluding carboxylic acids is 1. The lowest BCUT2D eigenvalue weighted by atomic mass is 10.3. The first-order valence-electron chi connectivity index (χ1n) is 5.27. The SMILES string of the molecule is C#CCn1ncc(Cl)c(NCCCC(N)=O)c1=O. The summed E-state index contributed by atoms with van der Waals surface area (Å²) < 4.78 is 1.13. The highest BCUT2D eigenvalue weighted by molar-refractivity contribution is 6.32. The maximum Gasteiger partial charge on any atom is 0.292 e. The molecular formula is C11H13ClN4O2. The lowest BCUT2D eigenvalue weighted by molar-refractivity contribution is -0.118. The summed E-state index contributed by atoms with van der Waals surface area (Å²) in [7, 11) is 0. The predicted octanol–water partition coefficient (Wildman–Crippen LogP) is 0.207. The van der Waals surface area contributed by atoms with E-state index in [4.69, 9.17) is 23.8 Å². The summed E-state index contributed by atoms with van der Waals surface area (Å²) in [5, 5.41) is 6.87. The molecule has 96 valence electrons. The molecule has 0 aliphatic rings. The Kier molecular flexibility index (Phi) is 5.21. The number of halogens is 1. The number of aromatic nitrogens is 2. The number of nitrogens with zero attached hydrogens (tertiary/aromatic N) is 2. The summed E-state index contributed by atoms with van der Waals surface area (Å²) in [6, 6.07) is 0. The van der Waals surface area contributed by atoms with Crippen molar-refractivity contribution in [3.05, 3.63) is 21.6 Å². The van der Waals surface area contributed by atoms with Gasteiger partial charge in [-0.1, -0.05) is 17.5 Å². The van der Waals surface area contributed by atoms with Gasteiger partial charge in [-0.05, 0) is 6.42 Å². The van der Waals surface area contributed by atoms with Crippen LogP contribution < -0.4 is 16.6 Å². The minimum absolute atomic E-state index is 0.0754. The maximum atomic E-state index is 11.9. The average molecular weight is 269 g/mol. The molecule has 1 aromatic heterocycles. The third kappa shape index (κ3) is 3.79. The van der Waals surface area contributed by atoms with Crippen LogP contribution in [-0.2, 0) is 11.3 Å². The molecule has 0 radical (unpaired) electrons. The predicted molar refractivity (Wildman–Crippen MR) is 69.3 cm³/mol. The number of nitrogens with one attached hydrogen (secondary N) is 1. The Morgan fingerprint density at radius 1 is 1.67 bits per heavy atom. The van der Waals surface area contributed by atoms with E-state index >= 15 is 0 Å². The van der Waals surface area contributed by atoms with Crippen molar-refractivity contribution in [3.63, 3.8) is 0 Å². The van der Waals surface area contributed by atoms with Crippen LogP contribution in [-0.4, -0.2) is 22.2 Å². The van der Waals surface area contributed by atoms with Crippen LogP contribution in [0.25, 0.3) is 0 Å². The second-order valence-electron chi connectivity index (χ2n) is 3.53. The van der Waals surface area contributed by atoms with Gasteiger partial charge < -0.3 is 11.1 Å². The number of hydrogen-bond donors (Lipinski definition) is 2. The number of carbonyl (C=O) groups is 1. The van der Waals surface area contributed by atoms with E-state index in [0.29, 0.717) is 13.0 Å². The van der Waals surface area contributed by atoms with Gasteiger partial charge in [0.25, 0.3) is 5.56 Å². The van der Waals surface area contributed by atoms with Gasteiger partial charge in [-0.15, -0.1) is 6.42 Å². The largest absolute Gasteiger partial charge is 0.379 e. The quantitative estimate of drug-likeness (QED) is 0.570. The van der Waals surface area contributed by atoms with E-state index in [9.17, 15) is 9.59 Å². The molecule has 0 aliphatic heterocycles. The summed E-state index contributed by atoms with van der Waals surface area (Å²) in [6.07, 6.45) is 7.22. The molecule has 0 bridgehead atoms. The molecule has 1 amide bonds. The molecular weight excluding hydrogens is 256 g/mol. The second kappa shape index (κ2) is 6.67. The van der Waals surface area contributed by atoms with Crippen molar-refractivity contribution in [2.75, 3.05) is 11.9 Å². The van der Waals surface area contributed by atoms with E-state index in [1.54, 1.807) is 0 Å². The third-order valence-corrected chi connectivity index (χ3v) is 2.43. The Labute approximate surface area is 109 Å². The molecule has 1 aromatic rings. The van der Waals surface area contributed by atoms with Crippen molar-refractivity contribution >= 4 is 23.2 Å². The Hall–Kier alpha value is -2.00. The third-order valence-electron chi connectivity index (χ3n) is 2.14. The Morgan fingerprint density at radius 2 is 2.39 bits per heavy atom. The van der Waals surface area contributed by atoms with Crippen molar-refractivity contribution in [2.45, 2.75) is 19.4 Å². The molecule has 6 nitrogen and oxygen atoms in total. The standard InChI is InChI=1S/C11H13ClN4O2/c1-2-6-16-11(18)10(8(12)7-15-16)14-5-3-4-9(13)17/h1,7,14H,3-6H2,(H2,13,17). The van der Waals surface area contributed by atoms with Crippen LogP contribution in [0.5, 0.6) is 0 Å². The lowest BCUT2D eigenvalue weighted by Crippen LogP contribution is -2.26. The van der Waals surface area contributed by atoms with Gasteiger partial charge in [0.1, 0.15) is 12.2 Å². The summed E-state index contributed by atoms with van der Waals surface area (Å²) in [4.78, 5) is 22.4. The molecule has 3 N–H and O–H groups in total. The van der Waals surface area contributed by atoms with E-state index in [1.807, 2.05) is 0 Å². The highest BCUT2D eigenvalue weighted by Gasteiger charge is 2.08. The van der Waals surface area contributed by atoms with Crippen LogP contribution in [0.2, 0.25) is 5.02 Å². The average Bonchev–Trinajstić information content (AvgIpc) is 2.31. The fourth-order valence-corrected chi connectivity index (χ4v) is 1.50. The normalized spacial score (nSPS) is 9.78. The smallest absolute Gasteiger partial charge is 0.292 e. The molecule has 0 unspecified atom stereocenters.